The third-order valence-electron chi connectivity index (χ3n) is 4.63. The van der Waals surface area contributed by atoms with Gasteiger partial charge < -0.3 is 14.5 Å². The van der Waals surface area contributed by atoms with E-state index in [1.165, 1.54) is 18.5 Å². The zero-order valence-electron chi connectivity index (χ0n) is 15.2. The second-order valence-corrected chi connectivity index (χ2v) is 6.82. The second kappa shape index (κ2) is 7.69. The summed E-state index contributed by atoms with van der Waals surface area (Å²) < 4.78 is 20.1. The standard InChI is InChI=1S/C18H18ClFN6O2/c1-28-10-13-9-16(26-18(23-13)21-11-22-26)24-4-6-25(7-5-24)17(27)14-3-2-12(20)8-15(14)19/h2-3,8-9,11H,4-7,10H2,1H3. The molecule has 3 heterocycles. The lowest BCUT2D eigenvalue weighted by atomic mass is 10.1. The SMILES string of the molecule is COCc1cc(N2CCN(C(=O)c3ccc(F)cc3Cl)CC2)n2ncnc2n1. The second-order valence-electron chi connectivity index (χ2n) is 6.41. The molecule has 8 nitrogen and oxygen atoms in total. The van der Waals surface area contributed by atoms with E-state index in [9.17, 15) is 9.18 Å². The Morgan fingerprint density at radius 3 is 2.75 bits per heavy atom. The van der Waals surface area contributed by atoms with Crippen molar-refractivity contribution in [2.45, 2.75) is 6.61 Å². The van der Waals surface area contributed by atoms with Crippen molar-refractivity contribution in [1.82, 2.24) is 24.5 Å². The van der Waals surface area contributed by atoms with E-state index in [1.807, 2.05) is 6.07 Å². The highest BCUT2D eigenvalue weighted by Gasteiger charge is 2.25. The maximum Gasteiger partial charge on any atom is 0.255 e. The number of halogens is 2. The monoisotopic (exact) mass is 404 g/mol. The Labute approximate surface area is 165 Å². The summed E-state index contributed by atoms with van der Waals surface area (Å²) in [6, 6.07) is 5.73. The first-order valence-electron chi connectivity index (χ1n) is 8.74. The van der Waals surface area contributed by atoms with E-state index in [1.54, 1.807) is 16.5 Å². The Hall–Kier alpha value is -2.78. The van der Waals surface area contributed by atoms with Crippen LogP contribution in [-0.4, -0.2) is 63.7 Å². The minimum atomic E-state index is -0.465. The molecule has 0 aliphatic carbocycles. The molecule has 1 saturated heterocycles. The van der Waals surface area contributed by atoms with Crippen molar-refractivity contribution in [3.05, 3.63) is 52.7 Å². The molecule has 0 atom stereocenters. The maximum absolute atomic E-state index is 13.2. The minimum absolute atomic E-state index is 0.120. The average molecular weight is 405 g/mol. The zero-order chi connectivity index (χ0) is 19.7. The molecule has 2 aromatic heterocycles. The van der Waals surface area contributed by atoms with Crippen LogP contribution in [0.5, 0.6) is 0 Å². The summed E-state index contributed by atoms with van der Waals surface area (Å²) in [6.07, 6.45) is 1.46. The van der Waals surface area contributed by atoms with E-state index in [2.05, 4.69) is 20.0 Å². The summed E-state index contributed by atoms with van der Waals surface area (Å²) >= 11 is 6.03. The van der Waals surface area contributed by atoms with Gasteiger partial charge >= 0.3 is 0 Å². The van der Waals surface area contributed by atoms with Crippen LogP contribution >= 0.6 is 11.6 Å². The lowest BCUT2D eigenvalue weighted by Gasteiger charge is -2.36. The predicted molar refractivity (Wildman–Crippen MR) is 101 cm³/mol. The maximum atomic E-state index is 13.2. The number of methoxy groups -OCH3 is 1. The number of ether oxygens (including phenoxy) is 1. The molecule has 0 N–H and O–H groups in total. The first kappa shape index (κ1) is 18.6. The van der Waals surface area contributed by atoms with Gasteiger partial charge in [-0.1, -0.05) is 11.6 Å². The molecule has 1 fully saturated rings. The zero-order valence-corrected chi connectivity index (χ0v) is 15.9. The van der Waals surface area contributed by atoms with Gasteiger partial charge in [-0.2, -0.15) is 14.6 Å². The molecule has 0 radical (unpaired) electrons. The van der Waals surface area contributed by atoms with E-state index in [0.29, 0.717) is 44.1 Å². The van der Waals surface area contributed by atoms with E-state index < -0.39 is 5.82 Å². The Morgan fingerprint density at radius 1 is 1.25 bits per heavy atom. The van der Waals surface area contributed by atoms with E-state index >= 15 is 0 Å². The fourth-order valence-corrected chi connectivity index (χ4v) is 3.51. The molecule has 3 aromatic rings. The number of hydrogen-bond donors (Lipinski definition) is 0. The van der Waals surface area contributed by atoms with Crippen molar-refractivity contribution in [3.8, 4) is 0 Å². The van der Waals surface area contributed by atoms with Crippen LogP contribution in [-0.2, 0) is 11.3 Å². The van der Waals surface area contributed by atoms with Crippen LogP contribution in [0.4, 0.5) is 10.2 Å². The third-order valence-corrected chi connectivity index (χ3v) is 4.94. The van der Waals surface area contributed by atoms with Crippen LogP contribution in [0.15, 0.2) is 30.6 Å². The topological polar surface area (TPSA) is 75.9 Å². The highest BCUT2D eigenvalue weighted by atomic mass is 35.5. The molecule has 1 aliphatic rings. The Morgan fingerprint density at radius 2 is 2.04 bits per heavy atom. The molecular formula is C18H18ClFN6O2. The Balaban J connectivity index is 1.52. The summed E-state index contributed by atoms with van der Waals surface area (Å²) in [5.74, 6) is 0.681. The fraction of sp³-hybridized carbons (Fsp3) is 0.333. The van der Waals surface area contributed by atoms with Crippen molar-refractivity contribution in [2.24, 2.45) is 0 Å². The summed E-state index contributed by atoms with van der Waals surface area (Å²) in [7, 11) is 1.61. The fourth-order valence-electron chi connectivity index (χ4n) is 3.26. The Bertz CT molecular complexity index is 1020. The molecule has 0 bridgehead atoms. The van der Waals surface area contributed by atoms with Gasteiger partial charge in [0.25, 0.3) is 11.7 Å². The number of rotatable bonds is 4. The normalized spacial score (nSPS) is 14.7. The molecule has 1 aliphatic heterocycles. The van der Waals surface area contributed by atoms with Crippen molar-refractivity contribution in [1.29, 1.82) is 0 Å². The number of carbonyl (C=O) groups excluding carboxylic acids is 1. The number of nitrogens with zero attached hydrogens (tertiary/aromatic N) is 6. The minimum Gasteiger partial charge on any atom is -0.378 e. The van der Waals surface area contributed by atoms with Gasteiger partial charge in [0, 0.05) is 39.4 Å². The van der Waals surface area contributed by atoms with E-state index in [4.69, 9.17) is 16.3 Å². The van der Waals surface area contributed by atoms with Crippen LogP contribution in [0.1, 0.15) is 16.1 Å². The van der Waals surface area contributed by atoms with Crippen molar-refractivity contribution >= 4 is 29.1 Å². The molecular weight excluding hydrogens is 387 g/mol. The molecule has 0 spiro atoms. The molecule has 1 aromatic carbocycles. The number of benzene rings is 1. The highest BCUT2D eigenvalue weighted by molar-refractivity contribution is 6.33. The molecule has 10 heteroatoms. The van der Waals surface area contributed by atoms with Crippen LogP contribution < -0.4 is 4.90 Å². The lowest BCUT2D eigenvalue weighted by Crippen LogP contribution is -2.49. The van der Waals surface area contributed by atoms with Crippen LogP contribution in [0.2, 0.25) is 5.02 Å². The molecule has 1 amide bonds. The first-order valence-corrected chi connectivity index (χ1v) is 9.12. The van der Waals surface area contributed by atoms with E-state index in [-0.39, 0.29) is 10.9 Å². The van der Waals surface area contributed by atoms with Crippen molar-refractivity contribution < 1.29 is 13.9 Å². The summed E-state index contributed by atoms with van der Waals surface area (Å²) in [5.41, 5.74) is 1.07. The van der Waals surface area contributed by atoms with Gasteiger partial charge in [0.2, 0.25) is 0 Å². The van der Waals surface area contributed by atoms with E-state index in [0.717, 1.165) is 17.6 Å². The number of aromatic nitrogens is 4. The van der Waals surface area contributed by atoms with Crippen LogP contribution in [0.3, 0.4) is 0 Å². The summed E-state index contributed by atoms with van der Waals surface area (Å²) in [6.45, 7) is 2.60. The van der Waals surface area contributed by atoms with Gasteiger partial charge in [-0.25, -0.2) is 9.37 Å². The molecule has 0 unspecified atom stereocenters. The molecule has 0 saturated carbocycles. The van der Waals surface area contributed by atoms with Crippen LogP contribution in [0.25, 0.3) is 5.78 Å². The van der Waals surface area contributed by atoms with Gasteiger partial charge in [0.15, 0.2) is 0 Å². The smallest absolute Gasteiger partial charge is 0.255 e. The molecule has 4 rings (SSSR count). The van der Waals surface area contributed by atoms with Gasteiger partial charge in [0.05, 0.1) is 22.9 Å². The Kier molecular flexibility index (Phi) is 5.10. The quantitative estimate of drug-likeness (QED) is 0.662. The van der Waals surface area contributed by atoms with Crippen LogP contribution in [0, 0.1) is 5.82 Å². The summed E-state index contributed by atoms with van der Waals surface area (Å²) in [4.78, 5) is 25.1. The highest BCUT2D eigenvalue weighted by Crippen LogP contribution is 2.22. The number of carbonyl (C=O) groups is 1. The van der Waals surface area contributed by atoms with Gasteiger partial charge in [0.1, 0.15) is 18.0 Å². The third kappa shape index (κ3) is 3.50. The average Bonchev–Trinajstić information content (AvgIpc) is 3.16. The van der Waals surface area contributed by atoms with Crippen molar-refractivity contribution in [3.63, 3.8) is 0 Å². The first-order chi connectivity index (χ1) is 13.6. The number of fused-ring (bicyclic) bond motifs is 1. The summed E-state index contributed by atoms with van der Waals surface area (Å²) in [5, 5.41) is 4.36. The van der Waals surface area contributed by atoms with Gasteiger partial charge in [-0.05, 0) is 18.2 Å². The largest absolute Gasteiger partial charge is 0.378 e. The predicted octanol–water partition coefficient (Wildman–Crippen LogP) is 2.03. The number of piperazine rings is 1. The van der Waals surface area contributed by atoms with Crippen molar-refractivity contribution in [2.75, 3.05) is 38.2 Å². The number of anilines is 1. The number of hydrogen-bond acceptors (Lipinski definition) is 6. The molecule has 28 heavy (non-hydrogen) atoms. The lowest BCUT2D eigenvalue weighted by molar-refractivity contribution is 0.0746. The molecule has 146 valence electrons. The van der Waals surface area contributed by atoms with Gasteiger partial charge in [-0.3, -0.25) is 4.79 Å². The number of amides is 1. The van der Waals surface area contributed by atoms with Gasteiger partial charge in [-0.15, -0.1) is 0 Å².